The highest BCUT2D eigenvalue weighted by molar-refractivity contribution is 5.80. The maximum atomic E-state index is 4.65. The van der Waals surface area contributed by atoms with Gasteiger partial charge in [0.1, 0.15) is 5.82 Å². The predicted octanol–water partition coefficient (Wildman–Crippen LogP) is 3.32. The summed E-state index contributed by atoms with van der Waals surface area (Å²) in [4.78, 5) is 8.78. The second-order valence-electron chi connectivity index (χ2n) is 4.63. The van der Waals surface area contributed by atoms with Gasteiger partial charge in [-0.2, -0.15) is 0 Å². The summed E-state index contributed by atoms with van der Waals surface area (Å²) in [6, 6.07) is 7.95. The Morgan fingerprint density at radius 3 is 2.65 bits per heavy atom. The van der Waals surface area contributed by atoms with E-state index >= 15 is 0 Å². The Balaban J connectivity index is 1.72. The predicted molar refractivity (Wildman–Crippen MR) is 80.0 cm³/mol. The van der Waals surface area contributed by atoms with Crippen LogP contribution < -0.4 is 10.6 Å². The molecule has 96 valence electrons. The number of pyridine rings is 2. The van der Waals surface area contributed by atoms with Gasteiger partial charge in [-0.25, -0.2) is 4.98 Å². The van der Waals surface area contributed by atoms with E-state index in [9.17, 15) is 0 Å². The summed E-state index contributed by atoms with van der Waals surface area (Å²) in [5.41, 5.74) is 4.05. The Bertz CT molecular complexity index is 743. The number of anilines is 2. The highest BCUT2D eigenvalue weighted by atomic mass is 15.2. The standard InChI is InChI=1S/C16H12N4/c1-2-5-11(4-1)15-19-14-8-7-13(18-16(14)20-15)12-6-3-9-17-10-12/h1-10,19H,(H,18,20). The smallest absolute Gasteiger partial charge is 0.156 e. The first kappa shape index (κ1) is 11.0. The third-order valence-electron chi connectivity index (χ3n) is 3.31. The third kappa shape index (κ3) is 1.78. The topological polar surface area (TPSA) is 49.8 Å². The molecule has 0 aromatic carbocycles. The van der Waals surface area contributed by atoms with Gasteiger partial charge in [-0.15, -0.1) is 0 Å². The summed E-state index contributed by atoms with van der Waals surface area (Å²) >= 11 is 0. The number of fused-ring (bicyclic) bond motifs is 1. The van der Waals surface area contributed by atoms with Crippen molar-refractivity contribution in [3.63, 3.8) is 0 Å². The monoisotopic (exact) mass is 260 g/mol. The fraction of sp³-hybridized carbons (Fsp3) is 0. The Morgan fingerprint density at radius 1 is 0.950 bits per heavy atom. The van der Waals surface area contributed by atoms with Crippen molar-refractivity contribution in [2.75, 3.05) is 10.6 Å². The van der Waals surface area contributed by atoms with E-state index in [4.69, 9.17) is 0 Å². The van der Waals surface area contributed by atoms with Gasteiger partial charge in [0, 0.05) is 23.5 Å². The number of allylic oxidation sites excluding steroid dienone is 5. The number of hydrogen-bond donors (Lipinski definition) is 2. The van der Waals surface area contributed by atoms with Crippen LogP contribution in [0.3, 0.4) is 0 Å². The van der Waals surface area contributed by atoms with Crippen LogP contribution in [0.4, 0.5) is 11.5 Å². The van der Waals surface area contributed by atoms with Crippen LogP contribution in [0, 0.1) is 0 Å². The number of rotatable bonds is 1. The van der Waals surface area contributed by atoms with Gasteiger partial charge in [0.25, 0.3) is 0 Å². The van der Waals surface area contributed by atoms with Gasteiger partial charge in [0.2, 0.25) is 0 Å². The molecule has 0 spiro atoms. The number of nitrogens with zero attached hydrogens (tertiary/aromatic N) is 2. The van der Waals surface area contributed by atoms with Crippen LogP contribution in [-0.2, 0) is 0 Å². The second-order valence-corrected chi connectivity index (χ2v) is 4.63. The molecule has 0 saturated heterocycles. The molecule has 0 unspecified atom stereocenters. The summed E-state index contributed by atoms with van der Waals surface area (Å²) in [6.07, 6.45) is 11.7. The van der Waals surface area contributed by atoms with E-state index in [-0.39, 0.29) is 0 Å². The van der Waals surface area contributed by atoms with Gasteiger partial charge in [-0.1, -0.05) is 24.3 Å². The Kier molecular flexibility index (Phi) is 2.39. The molecular weight excluding hydrogens is 248 g/mol. The average Bonchev–Trinajstić information content (AvgIpc) is 3.16. The maximum Gasteiger partial charge on any atom is 0.156 e. The maximum absolute atomic E-state index is 4.65. The van der Waals surface area contributed by atoms with Crippen molar-refractivity contribution < 1.29 is 0 Å². The zero-order chi connectivity index (χ0) is 13.4. The lowest BCUT2D eigenvalue weighted by Gasteiger charge is -2.02. The summed E-state index contributed by atoms with van der Waals surface area (Å²) in [5.74, 6) is 1.82. The van der Waals surface area contributed by atoms with Gasteiger partial charge in [-0.3, -0.25) is 4.98 Å². The molecule has 4 nitrogen and oxygen atoms in total. The van der Waals surface area contributed by atoms with Crippen molar-refractivity contribution >= 4 is 11.5 Å². The van der Waals surface area contributed by atoms with Crippen molar-refractivity contribution in [2.24, 2.45) is 0 Å². The molecule has 4 heteroatoms. The molecule has 4 rings (SSSR count). The average molecular weight is 260 g/mol. The van der Waals surface area contributed by atoms with Gasteiger partial charge in [0.05, 0.1) is 11.4 Å². The minimum absolute atomic E-state index is 0.850. The molecule has 0 saturated carbocycles. The van der Waals surface area contributed by atoms with Crippen molar-refractivity contribution in [1.29, 1.82) is 0 Å². The molecule has 0 fully saturated rings. The van der Waals surface area contributed by atoms with Gasteiger partial charge in [-0.05, 0) is 24.3 Å². The Morgan fingerprint density at radius 2 is 1.85 bits per heavy atom. The Labute approximate surface area is 116 Å². The molecule has 1 aliphatic carbocycles. The molecule has 2 aromatic heterocycles. The van der Waals surface area contributed by atoms with Crippen LogP contribution in [-0.4, -0.2) is 9.97 Å². The van der Waals surface area contributed by atoms with E-state index in [1.165, 1.54) is 0 Å². The van der Waals surface area contributed by atoms with Crippen LogP contribution in [0.2, 0.25) is 0 Å². The number of hydrogen-bond acceptors (Lipinski definition) is 4. The number of aromatic nitrogens is 2. The minimum Gasteiger partial charge on any atom is -0.338 e. The highest BCUT2D eigenvalue weighted by Gasteiger charge is 2.18. The van der Waals surface area contributed by atoms with Crippen LogP contribution in [0.5, 0.6) is 0 Å². The van der Waals surface area contributed by atoms with Crippen molar-refractivity contribution in [2.45, 2.75) is 0 Å². The summed E-state index contributed by atoms with van der Waals surface area (Å²) in [5, 5.41) is 6.66. The lowest BCUT2D eigenvalue weighted by atomic mass is 10.2. The van der Waals surface area contributed by atoms with Crippen molar-refractivity contribution in [1.82, 2.24) is 9.97 Å². The fourth-order valence-electron chi connectivity index (χ4n) is 2.30. The summed E-state index contributed by atoms with van der Waals surface area (Å²) in [6.45, 7) is 0. The van der Waals surface area contributed by atoms with Gasteiger partial charge < -0.3 is 10.6 Å². The lowest BCUT2D eigenvalue weighted by molar-refractivity contribution is 1.28. The highest BCUT2D eigenvalue weighted by Crippen LogP contribution is 2.33. The van der Waals surface area contributed by atoms with Crippen LogP contribution in [0.1, 0.15) is 0 Å². The molecule has 3 heterocycles. The molecule has 2 N–H and O–H groups in total. The van der Waals surface area contributed by atoms with Crippen LogP contribution in [0.25, 0.3) is 11.3 Å². The quantitative estimate of drug-likeness (QED) is 0.825. The normalized spacial score (nSPS) is 15.2. The molecule has 1 aliphatic heterocycles. The molecule has 0 atom stereocenters. The first-order valence-electron chi connectivity index (χ1n) is 6.45. The van der Waals surface area contributed by atoms with E-state index in [1.807, 2.05) is 42.6 Å². The molecular formula is C16H12N4. The van der Waals surface area contributed by atoms with Crippen molar-refractivity contribution in [3.05, 3.63) is 72.4 Å². The lowest BCUT2D eigenvalue weighted by Crippen LogP contribution is -2.01. The van der Waals surface area contributed by atoms with Gasteiger partial charge in [0.15, 0.2) is 5.82 Å². The van der Waals surface area contributed by atoms with E-state index in [0.29, 0.717) is 0 Å². The fourth-order valence-corrected chi connectivity index (χ4v) is 2.30. The zero-order valence-corrected chi connectivity index (χ0v) is 10.7. The molecule has 20 heavy (non-hydrogen) atoms. The third-order valence-corrected chi connectivity index (χ3v) is 3.31. The van der Waals surface area contributed by atoms with Crippen molar-refractivity contribution in [3.8, 4) is 11.3 Å². The second kappa shape index (κ2) is 4.35. The molecule has 0 bridgehead atoms. The van der Waals surface area contributed by atoms with E-state index in [0.717, 1.165) is 34.2 Å². The first-order chi connectivity index (χ1) is 9.90. The molecule has 0 radical (unpaired) electrons. The van der Waals surface area contributed by atoms with Gasteiger partial charge >= 0.3 is 0 Å². The summed E-state index contributed by atoms with van der Waals surface area (Å²) < 4.78 is 0. The summed E-state index contributed by atoms with van der Waals surface area (Å²) in [7, 11) is 0. The van der Waals surface area contributed by atoms with Crippen LogP contribution >= 0.6 is 0 Å². The Hall–Kier alpha value is -2.88. The SMILES string of the molecule is C1=CC(=C2Nc3ccc(-c4cccnc4)nc3N2)C=C1. The van der Waals surface area contributed by atoms with E-state index < -0.39 is 0 Å². The molecule has 2 aromatic rings. The van der Waals surface area contributed by atoms with E-state index in [2.05, 4.69) is 32.8 Å². The number of nitrogens with one attached hydrogen (secondary N) is 2. The zero-order valence-electron chi connectivity index (χ0n) is 10.7. The largest absolute Gasteiger partial charge is 0.338 e. The molecule has 0 amide bonds. The molecule has 2 aliphatic rings. The van der Waals surface area contributed by atoms with E-state index in [1.54, 1.807) is 6.20 Å². The van der Waals surface area contributed by atoms with Crippen LogP contribution in [0.15, 0.2) is 72.4 Å². The minimum atomic E-state index is 0.850. The first-order valence-corrected chi connectivity index (χ1v) is 6.45.